The largest absolute Gasteiger partial charge is 0.442 e. The first-order valence-corrected chi connectivity index (χ1v) is 5.22. The summed E-state index contributed by atoms with van der Waals surface area (Å²) in [6.07, 6.45) is 0.455. The van der Waals surface area contributed by atoms with Crippen LogP contribution in [0.25, 0.3) is 0 Å². The first-order valence-electron chi connectivity index (χ1n) is 5.22. The summed E-state index contributed by atoms with van der Waals surface area (Å²) in [5.41, 5.74) is 1.68. The lowest BCUT2D eigenvalue weighted by atomic mass is 10.1. The van der Waals surface area contributed by atoms with Crippen molar-refractivity contribution in [1.29, 1.82) is 0 Å². The summed E-state index contributed by atoms with van der Waals surface area (Å²) in [6.45, 7) is 1.96. The van der Waals surface area contributed by atoms with Gasteiger partial charge in [-0.3, -0.25) is 9.59 Å². The number of hydrogen-bond donors (Lipinski definition) is 1. The van der Waals surface area contributed by atoms with Crippen LogP contribution in [-0.2, 0) is 9.53 Å². The Hall–Kier alpha value is -1.84. The second-order valence-corrected chi connectivity index (χ2v) is 3.86. The summed E-state index contributed by atoms with van der Waals surface area (Å²) in [5.74, 6) is -0.464. The minimum absolute atomic E-state index is 0.209. The average Bonchev–Trinajstić information content (AvgIpc) is 2.65. The third kappa shape index (κ3) is 2.39. The van der Waals surface area contributed by atoms with E-state index in [1.54, 1.807) is 12.1 Å². The van der Waals surface area contributed by atoms with Crippen molar-refractivity contribution in [3.63, 3.8) is 0 Å². The van der Waals surface area contributed by atoms with Crippen LogP contribution in [0.4, 0.5) is 0 Å². The van der Waals surface area contributed by atoms with Gasteiger partial charge in [-0.2, -0.15) is 0 Å². The Morgan fingerprint density at radius 1 is 1.38 bits per heavy atom. The molecule has 0 aliphatic carbocycles. The Morgan fingerprint density at radius 3 is 2.62 bits per heavy atom. The zero-order chi connectivity index (χ0) is 11.5. The number of hydrogen-bond acceptors (Lipinski definition) is 3. The van der Waals surface area contributed by atoms with Crippen molar-refractivity contribution in [3.8, 4) is 0 Å². The van der Waals surface area contributed by atoms with Gasteiger partial charge < -0.3 is 10.1 Å². The molecule has 1 atom stereocenters. The van der Waals surface area contributed by atoms with Crippen molar-refractivity contribution in [2.45, 2.75) is 26.0 Å². The molecular formula is C12H13NO3. The Balaban J connectivity index is 1.98. The summed E-state index contributed by atoms with van der Waals surface area (Å²) in [6, 6.07) is 7.24. The molecule has 2 rings (SSSR count). The predicted octanol–water partition coefficient (Wildman–Crippen LogP) is 1.39. The van der Waals surface area contributed by atoms with Gasteiger partial charge in [0.2, 0.25) is 0 Å². The number of carbonyl (C=O) groups is 2. The molecular weight excluding hydrogens is 206 g/mol. The van der Waals surface area contributed by atoms with Crippen LogP contribution >= 0.6 is 0 Å². The maximum atomic E-state index is 11.7. The van der Waals surface area contributed by atoms with Crippen molar-refractivity contribution in [1.82, 2.24) is 5.32 Å². The van der Waals surface area contributed by atoms with Crippen molar-refractivity contribution in [2.24, 2.45) is 0 Å². The van der Waals surface area contributed by atoms with E-state index in [1.807, 2.05) is 19.1 Å². The van der Waals surface area contributed by atoms with Gasteiger partial charge in [0.05, 0.1) is 6.42 Å². The highest BCUT2D eigenvalue weighted by Crippen LogP contribution is 2.12. The van der Waals surface area contributed by atoms with E-state index >= 15 is 0 Å². The van der Waals surface area contributed by atoms with E-state index in [9.17, 15) is 9.59 Å². The van der Waals surface area contributed by atoms with E-state index in [1.165, 1.54) is 0 Å². The van der Waals surface area contributed by atoms with E-state index in [-0.39, 0.29) is 11.9 Å². The molecule has 84 valence electrons. The van der Waals surface area contributed by atoms with Crippen LogP contribution in [0.5, 0.6) is 0 Å². The van der Waals surface area contributed by atoms with Gasteiger partial charge in [-0.15, -0.1) is 0 Å². The van der Waals surface area contributed by atoms with Crippen LogP contribution in [0.3, 0.4) is 0 Å². The zero-order valence-electron chi connectivity index (χ0n) is 9.03. The summed E-state index contributed by atoms with van der Waals surface area (Å²) in [4.78, 5) is 22.6. The number of esters is 1. The monoisotopic (exact) mass is 219 g/mol. The fourth-order valence-corrected chi connectivity index (χ4v) is 1.56. The number of benzene rings is 1. The van der Waals surface area contributed by atoms with Crippen molar-refractivity contribution >= 4 is 11.9 Å². The lowest BCUT2D eigenvalue weighted by Crippen LogP contribution is -2.34. The molecule has 4 nitrogen and oxygen atoms in total. The van der Waals surface area contributed by atoms with Gasteiger partial charge in [-0.05, 0) is 19.1 Å². The Morgan fingerprint density at radius 2 is 2.06 bits per heavy atom. The number of rotatable bonds is 2. The van der Waals surface area contributed by atoms with Crippen molar-refractivity contribution in [2.75, 3.05) is 0 Å². The molecule has 1 aromatic rings. The molecule has 0 radical (unpaired) electrons. The van der Waals surface area contributed by atoms with Crippen LogP contribution in [0.1, 0.15) is 28.8 Å². The first kappa shape index (κ1) is 10.7. The van der Waals surface area contributed by atoms with E-state index in [0.717, 1.165) is 5.56 Å². The number of cyclic esters (lactones) is 1. The maximum absolute atomic E-state index is 11.7. The Labute approximate surface area is 93.6 Å². The number of ether oxygens (including phenoxy) is 1. The molecule has 0 saturated carbocycles. The molecule has 1 aromatic carbocycles. The van der Waals surface area contributed by atoms with E-state index in [0.29, 0.717) is 18.4 Å². The highest BCUT2D eigenvalue weighted by atomic mass is 16.6. The molecule has 1 aliphatic heterocycles. The molecule has 0 aromatic heterocycles. The molecule has 16 heavy (non-hydrogen) atoms. The van der Waals surface area contributed by atoms with Crippen LogP contribution in [-0.4, -0.2) is 18.1 Å². The topological polar surface area (TPSA) is 55.4 Å². The van der Waals surface area contributed by atoms with Gasteiger partial charge in [0.25, 0.3) is 5.91 Å². The van der Waals surface area contributed by atoms with E-state index in [2.05, 4.69) is 5.32 Å². The summed E-state index contributed by atoms with van der Waals surface area (Å²) < 4.78 is 4.91. The number of nitrogens with one attached hydrogen (secondary N) is 1. The molecule has 1 fully saturated rings. The van der Waals surface area contributed by atoms with Gasteiger partial charge in [0, 0.05) is 12.0 Å². The smallest absolute Gasteiger partial charge is 0.307 e. The molecule has 1 saturated heterocycles. The second-order valence-electron chi connectivity index (χ2n) is 3.86. The molecule has 0 bridgehead atoms. The molecule has 1 amide bonds. The van der Waals surface area contributed by atoms with Crippen LogP contribution in [0.15, 0.2) is 24.3 Å². The third-order valence-electron chi connectivity index (χ3n) is 2.49. The normalized spacial score (nSPS) is 19.3. The minimum Gasteiger partial charge on any atom is -0.442 e. The van der Waals surface area contributed by atoms with Crippen molar-refractivity contribution < 1.29 is 14.3 Å². The highest BCUT2D eigenvalue weighted by Gasteiger charge is 2.24. The molecule has 4 heteroatoms. The predicted molar refractivity (Wildman–Crippen MR) is 57.8 cm³/mol. The molecule has 1 heterocycles. The summed E-state index contributed by atoms with van der Waals surface area (Å²) in [5, 5.41) is 2.66. The summed E-state index contributed by atoms with van der Waals surface area (Å²) >= 11 is 0. The fourth-order valence-electron chi connectivity index (χ4n) is 1.56. The van der Waals surface area contributed by atoms with Crippen LogP contribution in [0.2, 0.25) is 0 Å². The molecule has 1 aliphatic rings. The van der Waals surface area contributed by atoms with E-state index < -0.39 is 6.23 Å². The summed E-state index contributed by atoms with van der Waals surface area (Å²) in [7, 11) is 0. The van der Waals surface area contributed by atoms with Crippen LogP contribution in [0, 0.1) is 6.92 Å². The fraction of sp³-hybridized carbons (Fsp3) is 0.333. The van der Waals surface area contributed by atoms with Crippen LogP contribution < -0.4 is 5.32 Å². The van der Waals surface area contributed by atoms with Gasteiger partial charge in [-0.1, -0.05) is 17.7 Å². The van der Waals surface area contributed by atoms with E-state index in [4.69, 9.17) is 4.74 Å². The Kier molecular flexibility index (Phi) is 2.90. The SMILES string of the molecule is Cc1ccc(C(=O)NC2CCC(=O)O2)cc1. The number of amides is 1. The quantitative estimate of drug-likeness (QED) is 0.765. The molecule has 0 spiro atoms. The van der Waals surface area contributed by atoms with Gasteiger partial charge in [0.15, 0.2) is 6.23 Å². The Bertz CT molecular complexity index is 411. The third-order valence-corrected chi connectivity index (χ3v) is 2.49. The number of carbonyl (C=O) groups excluding carboxylic acids is 2. The average molecular weight is 219 g/mol. The zero-order valence-corrected chi connectivity index (χ0v) is 9.03. The van der Waals surface area contributed by atoms with Crippen molar-refractivity contribution in [3.05, 3.63) is 35.4 Å². The standard InChI is InChI=1S/C12H13NO3/c1-8-2-4-9(5-3-8)12(15)13-10-6-7-11(14)16-10/h2-5,10H,6-7H2,1H3,(H,13,15). The lowest BCUT2D eigenvalue weighted by Gasteiger charge is -2.11. The molecule has 1 unspecified atom stereocenters. The second kappa shape index (κ2) is 4.35. The highest BCUT2D eigenvalue weighted by molar-refractivity contribution is 5.94. The lowest BCUT2D eigenvalue weighted by molar-refractivity contribution is -0.141. The first-order chi connectivity index (χ1) is 7.65. The number of aryl methyl sites for hydroxylation is 1. The van der Waals surface area contributed by atoms with Gasteiger partial charge in [-0.25, -0.2) is 0 Å². The van der Waals surface area contributed by atoms with Gasteiger partial charge in [0.1, 0.15) is 0 Å². The maximum Gasteiger partial charge on any atom is 0.307 e. The molecule has 1 N–H and O–H groups in total. The van der Waals surface area contributed by atoms with Gasteiger partial charge >= 0.3 is 5.97 Å². The minimum atomic E-state index is -0.471.